The van der Waals surface area contributed by atoms with E-state index in [0.29, 0.717) is 49.4 Å². The molecule has 1 aromatic rings. The number of carbonyl (C=O) groups is 3. The van der Waals surface area contributed by atoms with E-state index in [1.165, 1.54) is 7.11 Å². The summed E-state index contributed by atoms with van der Waals surface area (Å²) in [5.41, 5.74) is 6.62. The van der Waals surface area contributed by atoms with E-state index in [0.717, 1.165) is 6.42 Å². The summed E-state index contributed by atoms with van der Waals surface area (Å²) < 4.78 is 4.93. The van der Waals surface area contributed by atoms with Crippen LogP contribution in [0.1, 0.15) is 56.8 Å². The highest BCUT2D eigenvalue weighted by molar-refractivity contribution is 7.98. The lowest BCUT2D eigenvalue weighted by atomic mass is 9.96. The van der Waals surface area contributed by atoms with E-state index in [1.807, 2.05) is 31.4 Å². The van der Waals surface area contributed by atoms with Crippen LogP contribution >= 0.6 is 24.4 Å². The Hall–Kier alpha value is -1.75. The number of esters is 1. The first-order valence-corrected chi connectivity index (χ1v) is 15.1. The zero-order valence-corrected chi connectivity index (χ0v) is 24.7. The minimum absolute atomic E-state index is 0.0800. The molecule has 0 heterocycles. The number of nitrogens with zero attached hydrogens (tertiary/aromatic N) is 1. The molecule has 0 aliphatic carbocycles. The van der Waals surface area contributed by atoms with Gasteiger partial charge in [0, 0.05) is 36.5 Å². The summed E-state index contributed by atoms with van der Waals surface area (Å²) in [6, 6.07) is 7.28. The second kappa shape index (κ2) is 18.5. The van der Waals surface area contributed by atoms with Gasteiger partial charge in [0.15, 0.2) is 0 Å². The first kappa shape index (κ1) is 33.3. The van der Waals surface area contributed by atoms with Gasteiger partial charge in [0.2, 0.25) is 5.91 Å². The molecule has 0 fully saturated rings. The molecule has 0 saturated carbocycles. The molecule has 0 bridgehead atoms. The number of thioether (sulfide) groups is 1. The summed E-state index contributed by atoms with van der Waals surface area (Å²) in [6.07, 6.45) is 4.44. The normalized spacial score (nSPS) is 15.2. The molecule has 4 N–H and O–H groups in total. The Bertz CT molecular complexity index is 815. The molecule has 1 rings (SSSR count). The van der Waals surface area contributed by atoms with Crippen LogP contribution in [0.15, 0.2) is 30.3 Å². The number of hydrogen-bond acceptors (Lipinski definition) is 8. The van der Waals surface area contributed by atoms with Gasteiger partial charge in [0.25, 0.3) is 5.91 Å². The molecule has 0 spiro atoms. The molecule has 0 radical (unpaired) electrons. The summed E-state index contributed by atoms with van der Waals surface area (Å²) in [4.78, 5) is 41.6. The molecule has 2 amide bonds. The zero-order valence-electron chi connectivity index (χ0n) is 22.9. The molecule has 1 aromatic carbocycles. The Morgan fingerprint density at radius 3 is 2.38 bits per heavy atom. The standard InChI is InChI=1S/C27H46N4O4S2/c1-6-11-24(25(32)30-22(14-15-37-5)27(34)35-4)31(26(33)20-12-9-8-10-13-20)17-23(19(3)7-2)29-16-21(28)18-36/h8-10,12-13,19,21-24,29,36H,6-7,11,14-18,28H2,1-5H3,(H,30,32)/t19-,21+,22-,23+,24-/m0/s1. The minimum Gasteiger partial charge on any atom is -0.467 e. The van der Waals surface area contributed by atoms with Crippen LogP contribution in [0.4, 0.5) is 0 Å². The van der Waals surface area contributed by atoms with Gasteiger partial charge in [-0.1, -0.05) is 51.8 Å². The van der Waals surface area contributed by atoms with Gasteiger partial charge in [0.1, 0.15) is 12.1 Å². The number of hydrogen-bond donors (Lipinski definition) is 4. The monoisotopic (exact) mass is 554 g/mol. The first-order chi connectivity index (χ1) is 17.7. The molecule has 37 heavy (non-hydrogen) atoms. The molecule has 5 atom stereocenters. The van der Waals surface area contributed by atoms with Crippen LogP contribution in [0.25, 0.3) is 0 Å². The van der Waals surface area contributed by atoms with Crippen molar-refractivity contribution in [1.29, 1.82) is 0 Å². The topological polar surface area (TPSA) is 114 Å². The number of nitrogens with one attached hydrogen (secondary N) is 2. The summed E-state index contributed by atoms with van der Waals surface area (Å²) in [5.74, 6) is 0.403. The van der Waals surface area contributed by atoms with Gasteiger partial charge in [-0.15, -0.1) is 0 Å². The maximum atomic E-state index is 13.8. The van der Waals surface area contributed by atoms with Crippen molar-refractivity contribution in [2.75, 3.05) is 38.0 Å². The Balaban J connectivity index is 3.37. The molecule has 0 aromatic heterocycles. The van der Waals surface area contributed by atoms with E-state index in [9.17, 15) is 14.4 Å². The molecule has 210 valence electrons. The second-order valence-electron chi connectivity index (χ2n) is 9.34. The highest BCUT2D eigenvalue weighted by Gasteiger charge is 2.35. The van der Waals surface area contributed by atoms with Gasteiger partial charge in [0.05, 0.1) is 7.11 Å². The SMILES string of the molecule is CCC[C@@H](C(=O)N[C@@H](CCSC)C(=O)OC)N(C[C@@H](NC[C@@H](N)CS)[C@@H](C)CC)C(=O)c1ccccc1. The molecule has 8 nitrogen and oxygen atoms in total. The predicted octanol–water partition coefficient (Wildman–Crippen LogP) is 2.97. The van der Waals surface area contributed by atoms with E-state index >= 15 is 0 Å². The minimum atomic E-state index is -0.769. The third-order valence-corrected chi connectivity index (χ3v) is 7.65. The van der Waals surface area contributed by atoms with Crippen molar-refractivity contribution in [3.8, 4) is 0 Å². The lowest BCUT2D eigenvalue weighted by Gasteiger charge is -2.37. The maximum absolute atomic E-state index is 13.8. The molecule has 10 heteroatoms. The molecule has 0 aliphatic rings. The average Bonchev–Trinajstić information content (AvgIpc) is 2.93. The van der Waals surface area contributed by atoms with Crippen LogP contribution < -0.4 is 16.4 Å². The fraction of sp³-hybridized carbons (Fsp3) is 0.667. The molecule has 0 aliphatic heterocycles. The Morgan fingerprint density at radius 1 is 1.16 bits per heavy atom. The number of carbonyl (C=O) groups excluding carboxylic acids is 3. The van der Waals surface area contributed by atoms with Crippen molar-refractivity contribution in [3.63, 3.8) is 0 Å². The van der Waals surface area contributed by atoms with Gasteiger partial charge < -0.3 is 26.0 Å². The number of amides is 2. The Labute approximate surface area is 232 Å². The van der Waals surface area contributed by atoms with E-state index in [1.54, 1.807) is 28.8 Å². The van der Waals surface area contributed by atoms with Crippen molar-refractivity contribution in [2.24, 2.45) is 11.7 Å². The van der Waals surface area contributed by atoms with E-state index in [-0.39, 0.29) is 29.8 Å². The van der Waals surface area contributed by atoms with Crippen molar-refractivity contribution in [3.05, 3.63) is 35.9 Å². The van der Waals surface area contributed by atoms with Crippen molar-refractivity contribution in [2.45, 2.75) is 70.6 Å². The highest BCUT2D eigenvalue weighted by Crippen LogP contribution is 2.18. The highest BCUT2D eigenvalue weighted by atomic mass is 32.2. The van der Waals surface area contributed by atoms with Crippen LogP contribution in [0.3, 0.4) is 0 Å². The van der Waals surface area contributed by atoms with Gasteiger partial charge in [-0.3, -0.25) is 9.59 Å². The number of nitrogens with two attached hydrogens (primary N) is 1. The lowest BCUT2D eigenvalue weighted by Crippen LogP contribution is -2.57. The van der Waals surface area contributed by atoms with Crippen LogP contribution in [-0.4, -0.2) is 84.8 Å². The fourth-order valence-corrected chi connectivity index (χ4v) is 4.60. The van der Waals surface area contributed by atoms with Gasteiger partial charge in [-0.2, -0.15) is 24.4 Å². The largest absolute Gasteiger partial charge is 0.467 e. The lowest BCUT2D eigenvalue weighted by molar-refractivity contribution is -0.145. The summed E-state index contributed by atoms with van der Waals surface area (Å²) in [7, 11) is 1.31. The Morgan fingerprint density at radius 2 is 1.84 bits per heavy atom. The molecule has 0 unspecified atom stereocenters. The number of benzene rings is 1. The van der Waals surface area contributed by atoms with Crippen LogP contribution in [0, 0.1) is 5.92 Å². The molecule has 0 saturated heterocycles. The van der Waals surface area contributed by atoms with Crippen molar-refractivity contribution in [1.82, 2.24) is 15.5 Å². The van der Waals surface area contributed by atoms with Crippen molar-refractivity contribution >= 4 is 42.2 Å². The van der Waals surface area contributed by atoms with Gasteiger partial charge in [-0.05, 0) is 42.9 Å². The number of rotatable bonds is 18. The van der Waals surface area contributed by atoms with Gasteiger partial charge >= 0.3 is 5.97 Å². The number of ether oxygens (including phenoxy) is 1. The summed E-state index contributed by atoms with van der Waals surface area (Å²) >= 11 is 5.88. The maximum Gasteiger partial charge on any atom is 0.328 e. The molecular formula is C27H46N4O4S2. The van der Waals surface area contributed by atoms with Crippen LogP contribution in [0.2, 0.25) is 0 Å². The predicted molar refractivity (Wildman–Crippen MR) is 156 cm³/mol. The zero-order chi connectivity index (χ0) is 27.8. The number of methoxy groups -OCH3 is 1. The second-order valence-corrected chi connectivity index (χ2v) is 10.7. The average molecular weight is 555 g/mol. The van der Waals surface area contributed by atoms with Crippen molar-refractivity contribution < 1.29 is 19.1 Å². The fourth-order valence-electron chi connectivity index (χ4n) is 4.00. The van der Waals surface area contributed by atoms with E-state index in [2.05, 4.69) is 37.1 Å². The quantitative estimate of drug-likeness (QED) is 0.163. The Kier molecular flexibility index (Phi) is 16.6. The third kappa shape index (κ3) is 11.3. The number of thiol groups is 1. The van der Waals surface area contributed by atoms with Crippen LogP contribution in [-0.2, 0) is 14.3 Å². The van der Waals surface area contributed by atoms with E-state index < -0.39 is 18.1 Å². The summed E-state index contributed by atoms with van der Waals surface area (Å²) in [6.45, 7) is 7.08. The smallest absolute Gasteiger partial charge is 0.328 e. The molecular weight excluding hydrogens is 508 g/mol. The van der Waals surface area contributed by atoms with Crippen LogP contribution in [0.5, 0.6) is 0 Å². The van der Waals surface area contributed by atoms with Gasteiger partial charge in [-0.25, -0.2) is 4.79 Å². The first-order valence-electron chi connectivity index (χ1n) is 13.1. The third-order valence-electron chi connectivity index (χ3n) is 6.54. The summed E-state index contributed by atoms with van der Waals surface area (Å²) in [5, 5.41) is 6.39. The van der Waals surface area contributed by atoms with E-state index in [4.69, 9.17) is 10.5 Å².